The Morgan fingerprint density at radius 2 is 1.79 bits per heavy atom. The van der Waals surface area contributed by atoms with Crippen LogP contribution in [0.25, 0.3) is 0 Å². The van der Waals surface area contributed by atoms with E-state index in [9.17, 15) is 0 Å². The third kappa shape index (κ3) is 6.11. The second-order valence-corrected chi connectivity index (χ2v) is 5.59. The summed E-state index contributed by atoms with van der Waals surface area (Å²) in [7, 11) is 2.21. The molecule has 0 saturated heterocycles. The Hall–Kier alpha value is -1.02. The van der Waals surface area contributed by atoms with Gasteiger partial charge in [-0.1, -0.05) is 51.2 Å². The third-order valence-electron chi connectivity index (χ3n) is 3.92. The molecule has 0 aliphatic carbocycles. The normalized spacial score (nSPS) is 12.8. The number of anilines is 1. The van der Waals surface area contributed by atoms with Gasteiger partial charge in [0.2, 0.25) is 0 Å². The number of nitrogen functional groups attached to an aromatic ring is 1. The molecule has 0 spiro atoms. The first-order chi connectivity index (χ1) is 9.15. The number of benzene rings is 1. The van der Waals surface area contributed by atoms with E-state index in [4.69, 9.17) is 5.73 Å². The van der Waals surface area contributed by atoms with E-state index in [1.165, 1.54) is 50.6 Å². The first-order valence-corrected chi connectivity index (χ1v) is 7.70. The van der Waals surface area contributed by atoms with E-state index in [0.29, 0.717) is 6.04 Å². The van der Waals surface area contributed by atoms with E-state index in [-0.39, 0.29) is 0 Å². The van der Waals surface area contributed by atoms with Crippen LogP contribution in [0.3, 0.4) is 0 Å². The zero-order valence-electron chi connectivity index (χ0n) is 12.9. The Labute approximate surface area is 119 Å². The molecule has 1 unspecified atom stereocenters. The van der Waals surface area contributed by atoms with Crippen molar-refractivity contribution < 1.29 is 0 Å². The van der Waals surface area contributed by atoms with E-state index in [0.717, 1.165) is 5.69 Å². The number of hydrogen-bond acceptors (Lipinski definition) is 2. The van der Waals surface area contributed by atoms with Gasteiger partial charge in [-0.05, 0) is 44.6 Å². The summed E-state index contributed by atoms with van der Waals surface area (Å²) < 4.78 is 0. The Morgan fingerprint density at radius 1 is 1.11 bits per heavy atom. The molecule has 0 heterocycles. The van der Waals surface area contributed by atoms with Gasteiger partial charge in [-0.2, -0.15) is 0 Å². The van der Waals surface area contributed by atoms with Crippen molar-refractivity contribution in [2.45, 2.75) is 58.4 Å². The molecular formula is C17H30N2. The molecule has 0 aromatic heterocycles. The molecule has 0 amide bonds. The van der Waals surface area contributed by atoms with Gasteiger partial charge in [-0.15, -0.1) is 0 Å². The molecule has 0 saturated carbocycles. The lowest BCUT2D eigenvalue weighted by molar-refractivity contribution is 0.255. The Bertz CT molecular complexity index is 349. The average Bonchev–Trinajstić information content (AvgIpc) is 2.41. The fourth-order valence-electron chi connectivity index (χ4n) is 2.41. The quantitative estimate of drug-likeness (QED) is 0.519. The second-order valence-electron chi connectivity index (χ2n) is 5.59. The minimum atomic E-state index is 0.444. The lowest BCUT2D eigenvalue weighted by Crippen LogP contribution is -2.23. The van der Waals surface area contributed by atoms with Crippen LogP contribution in [0.5, 0.6) is 0 Å². The zero-order valence-corrected chi connectivity index (χ0v) is 12.9. The molecule has 0 aliphatic heterocycles. The number of nitrogens with zero attached hydrogens (tertiary/aromatic N) is 1. The molecule has 0 radical (unpaired) electrons. The highest BCUT2D eigenvalue weighted by Gasteiger charge is 2.10. The van der Waals surface area contributed by atoms with E-state index >= 15 is 0 Å². The van der Waals surface area contributed by atoms with Crippen LogP contribution >= 0.6 is 0 Å². The molecule has 0 aliphatic rings. The van der Waals surface area contributed by atoms with Crippen molar-refractivity contribution in [2.24, 2.45) is 0 Å². The molecule has 108 valence electrons. The van der Waals surface area contributed by atoms with Crippen molar-refractivity contribution in [1.82, 2.24) is 4.90 Å². The number of rotatable bonds is 9. The van der Waals surface area contributed by atoms with Gasteiger partial charge in [0.05, 0.1) is 0 Å². The molecule has 2 nitrogen and oxygen atoms in total. The maximum atomic E-state index is 5.85. The lowest BCUT2D eigenvalue weighted by Gasteiger charge is -2.25. The van der Waals surface area contributed by atoms with Crippen molar-refractivity contribution in [2.75, 3.05) is 19.3 Å². The predicted octanol–water partition coefficient (Wildman–Crippen LogP) is 4.62. The van der Waals surface area contributed by atoms with E-state index in [1.807, 2.05) is 12.1 Å². The highest BCUT2D eigenvalue weighted by Crippen LogP contribution is 2.21. The Kier molecular flexibility index (Phi) is 7.57. The Balaban J connectivity index is 2.27. The first kappa shape index (κ1) is 16.0. The fraction of sp³-hybridized carbons (Fsp3) is 0.647. The molecule has 2 heteroatoms. The fourth-order valence-corrected chi connectivity index (χ4v) is 2.41. The van der Waals surface area contributed by atoms with Crippen LogP contribution < -0.4 is 5.73 Å². The van der Waals surface area contributed by atoms with Gasteiger partial charge in [0.15, 0.2) is 0 Å². The monoisotopic (exact) mass is 262 g/mol. The molecule has 2 N–H and O–H groups in total. The standard InChI is InChI=1S/C17H30N2/c1-4-5-6-7-8-9-13-19(3)15(2)16-11-10-12-17(18)14-16/h10-12,14-15H,4-9,13,18H2,1-3H3. The van der Waals surface area contributed by atoms with Crippen molar-refractivity contribution in [3.05, 3.63) is 29.8 Å². The van der Waals surface area contributed by atoms with Crippen molar-refractivity contribution >= 4 is 5.69 Å². The smallest absolute Gasteiger partial charge is 0.0317 e. The highest BCUT2D eigenvalue weighted by atomic mass is 15.1. The molecule has 1 rings (SSSR count). The average molecular weight is 262 g/mol. The summed E-state index contributed by atoms with van der Waals surface area (Å²) in [5.41, 5.74) is 8.02. The SMILES string of the molecule is CCCCCCCCN(C)C(C)c1cccc(N)c1. The number of hydrogen-bond donors (Lipinski definition) is 1. The summed E-state index contributed by atoms with van der Waals surface area (Å²) in [4.78, 5) is 2.43. The maximum Gasteiger partial charge on any atom is 0.0317 e. The van der Waals surface area contributed by atoms with Gasteiger partial charge < -0.3 is 5.73 Å². The second kappa shape index (κ2) is 8.98. The summed E-state index contributed by atoms with van der Waals surface area (Å²) in [5, 5.41) is 0. The van der Waals surface area contributed by atoms with E-state index in [1.54, 1.807) is 0 Å². The Morgan fingerprint density at radius 3 is 2.47 bits per heavy atom. The predicted molar refractivity (Wildman–Crippen MR) is 85.3 cm³/mol. The number of unbranched alkanes of at least 4 members (excludes halogenated alkanes) is 5. The minimum Gasteiger partial charge on any atom is -0.399 e. The van der Waals surface area contributed by atoms with Gasteiger partial charge in [-0.25, -0.2) is 0 Å². The topological polar surface area (TPSA) is 29.3 Å². The number of nitrogens with two attached hydrogens (primary N) is 1. The van der Waals surface area contributed by atoms with Crippen molar-refractivity contribution in [3.63, 3.8) is 0 Å². The van der Waals surface area contributed by atoms with Crippen molar-refractivity contribution in [1.29, 1.82) is 0 Å². The summed E-state index contributed by atoms with van der Waals surface area (Å²) >= 11 is 0. The van der Waals surface area contributed by atoms with Crippen LogP contribution in [0.15, 0.2) is 24.3 Å². The van der Waals surface area contributed by atoms with E-state index < -0.39 is 0 Å². The van der Waals surface area contributed by atoms with Crippen LogP contribution in [-0.2, 0) is 0 Å². The van der Waals surface area contributed by atoms with Crippen LogP contribution in [0.4, 0.5) is 5.69 Å². The molecule has 0 bridgehead atoms. The van der Waals surface area contributed by atoms with Gasteiger partial charge in [0.1, 0.15) is 0 Å². The zero-order chi connectivity index (χ0) is 14.1. The molecule has 1 atom stereocenters. The van der Waals surface area contributed by atoms with Crippen LogP contribution in [0.1, 0.15) is 64.0 Å². The largest absolute Gasteiger partial charge is 0.399 e. The van der Waals surface area contributed by atoms with Crippen LogP contribution in [0, 0.1) is 0 Å². The summed E-state index contributed by atoms with van der Waals surface area (Å²) in [5.74, 6) is 0. The van der Waals surface area contributed by atoms with Gasteiger partial charge >= 0.3 is 0 Å². The first-order valence-electron chi connectivity index (χ1n) is 7.70. The lowest BCUT2D eigenvalue weighted by atomic mass is 10.1. The van der Waals surface area contributed by atoms with Gasteiger partial charge in [-0.3, -0.25) is 4.90 Å². The molecule has 19 heavy (non-hydrogen) atoms. The van der Waals surface area contributed by atoms with Gasteiger partial charge in [0.25, 0.3) is 0 Å². The molecule has 1 aromatic carbocycles. The summed E-state index contributed by atoms with van der Waals surface area (Å²) in [6.45, 7) is 5.69. The van der Waals surface area contributed by atoms with Crippen molar-refractivity contribution in [3.8, 4) is 0 Å². The minimum absolute atomic E-state index is 0.444. The van der Waals surface area contributed by atoms with E-state index in [2.05, 4.69) is 37.9 Å². The molecule has 1 aromatic rings. The van der Waals surface area contributed by atoms with Gasteiger partial charge in [0, 0.05) is 11.7 Å². The highest BCUT2D eigenvalue weighted by molar-refractivity contribution is 5.41. The molecule has 0 fully saturated rings. The third-order valence-corrected chi connectivity index (χ3v) is 3.92. The summed E-state index contributed by atoms with van der Waals surface area (Å²) in [6, 6.07) is 8.68. The molecular weight excluding hydrogens is 232 g/mol. The maximum absolute atomic E-state index is 5.85. The summed E-state index contributed by atoms with van der Waals surface area (Å²) in [6.07, 6.45) is 8.14. The van der Waals surface area contributed by atoms with Crippen LogP contribution in [-0.4, -0.2) is 18.5 Å². The van der Waals surface area contributed by atoms with Crippen LogP contribution in [0.2, 0.25) is 0 Å².